The van der Waals surface area contributed by atoms with Crippen LogP contribution >= 0.6 is 0 Å². The normalized spacial score (nSPS) is 19.5. The van der Waals surface area contributed by atoms with Crippen LogP contribution in [0, 0.1) is 6.92 Å². The van der Waals surface area contributed by atoms with E-state index in [-0.39, 0.29) is 5.97 Å². The van der Waals surface area contributed by atoms with Gasteiger partial charge in [-0.1, -0.05) is 0 Å². The Hall–Kier alpha value is -2.11. The minimum Gasteiger partial charge on any atom is -0.465 e. The van der Waals surface area contributed by atoms with Crippen molar-refractivity contribution in [3.05, 3.63) is 23.4 Å². The molecular weight excluding hydrogens is 306 g/mol. The van der Waals surface area contributed by atoms with Crippen molar-refractivity contribution in [2.24, 2.45) is 0 Å². The number of nitrogens with zero attached hydrogens (tertiary/aromatic N) is 3. The van der Waals surface area contributed by atoms with Gasteiger partial charge in [0.2, 0.25) is 5.91 Å². The molecule has 1 aromatic rings. The molecule has 24 heavy (non-hydrogen) atoms. The van der Waals surface area contributed by atoms with Gasteiger partial charge in [0.25, 0.3) is 0 Å². The molecule has 2 aliphatic rings. The summed E-state index contributed by atoms with van der Waals surface area (Å²) in [6.45, 7) is 4.51. The first-order valence-electron chi connectivity index (χ1n) is 8.70. The summed E-state index contributed by atoms with van der Waals surface area (Å²) >= 11 is 0. The molecule has 0 aliphatic carbocycles. The maximum Gasteiger partial charge on any atom is 0.339 e. The molecule has 3 rings (SSSR count). The molecule has 1 aromatic heterocycles. The van der Waals surface area contributed by atoms with E-state index < -0.39 is 0 Å². The van der Waals surface area contributed by atoms with E-state index in [2.05, 4.69) is 14.8 Å². The van der Waals surface area contributed by atoms with E-state index in [9.17, 15) is 9.59 Å². The van der Waals surface area contributed by atoms with E-state index >= 15 is 0 Å². The fourth-order valence-corrected chi connectivity index (χ4v) is 3.67. The Labute approximate surface area is 142 Å². The Morgan fingerprint density at radius 1 is 1.21 bits per heavy atom. The van der Waals surface area contributed by atoms with Crippen LogP contribution in [-0.2, 0) is 9.53 Å². The largest absolute Gasteiger partial charge is 0.465 e. The fourth-order valence-electron chi connectivity index (χ4n) is 3.67. The summed E-state index contributed by atoms with van der Waals surface area (Å²) < 4.78 is 4.76. The monoisotopic (exact) mass is 331 g/mol. The van der Waals surface area contributed by atoms with E-state index in [0.29, 0.717) is 29.6 Å². The summed E-state index contributed by atoms with van der Waals surface area (Å²) in [6, 6.07) is 4.03. The van der Waals surface area contributed by atoms with Crippen LogP contribution in [0.1, 0.15) is 48.2 Å². The van der Waals surface area contributed by atoms with E-state index in [1.54, 1.807) is 6.07 Å². The number of aromatic nitrogens is 1. The van der Waals surface area contributed by atoms with Crippen LogP contribution in [0.5, 0.6) is 0 Å². The number of amides is 1. The van der Waals surface area contributed by atoms with Crippen molar-refractivity contribution in [2.45, 2.75) is 45.1 Å². The van der Waals surface area contributed by atoms with Crippen molar-refractivity contribution in [1.29, 1.82) is 0 Å². The second kappa shape index (κ2) is 7.20. The first kappa shape index (κ1) is 16.7. The highest BCUT2D eigenvalue weighted by Gasteiger charge is 2.29. The molecule has 0 bridgehead atoms. The molecule has 6 heteroatoms. The van der Waals surface area contributed by atoms with Crippen molar-refractivity contribution < 1.29 is 14.3 Å². The molecule has 1 amide bonds. The fraction of sp³-hybridized carbons (Fsp3) is 0.611. The Morgan fingerprint density at radius 2 is 1.96 bits per heavy atom. The Morgan fingerprint density at radius 3 is 2.58 bits per heavy atom. The standard InChI is InChI=1S/C18H25N3O3/c1-13-15(18(23)24-2)6-7-16(19-13)20-11-8-14(9-12-20)21-10-4-3-5-17(21)22/h6-7,14H,3-5,8-12H2,1-2H3. The van der Waals surface area contributed by atoms with Gasteiger partial charge in [-0.05, 0) is 44.7 Å². The lowest BCUT2D eigenvalue weighted by atomic mass is 9.99. The Balaban J connectivity index is 1.63. The van der Waals surface area contributed by atoms with Gasteiger partial charge in [0.1, 0.15) is 5.82 Å². The average Bonchev–Trinajstić information content (AvgIpc) is 2.61. The molecule has 6 nitrogen and oxygen atoms in total. The number of hydrogen-bond donors (Lipinski definition) is 0. The third-order valence-electron chi connectivity index (χ3n) is 5.07. The van der Waals surface area contributed by atoms with Crippen LogP contribution in [0.4, 0.5) is 5.82 Å². The number of methoxy groups -OCH3 is 1. The minimum atomic E-state index is -0.353. The zero-order valence-electron chi connectivity index (χ0n) is 14.5. The van der Waals surface area contributed by atoms with Gasteiger partial charge in [0.15, 0.2) is 0 Å². The van der Waals surface area contributed by atoms with Gasteiger partial charge in [-0.15, -0.1) is 0 Å². The molecule has 0 saturated carbocycles. The predicted molar refractivity (Wildman–Crippen MR) is 91.1 cm³/mol. The highest BCUT2D eigenvalue weighted by molar-refractivity contribution is 5.90. The number of esters is 1. The number of piperidine rings is 2. The number of pyridine rings is 1. The van der Waals surface area contributed by atoms with Crippen molar-refractivity contribution in [1.82, 2.24) is 9.88 Å². The number of aryl methyl sites for hydroxylation is 1. The zero-order chi connectivity index (χ0) is 17.1. The SMILES string of the molecule is COC(=O)c1ccc(N2CCC(N3CCCCC3=O)CC2)nc1C. The zero-order valence-corrected chi connectivity index (χ0v) is 14.5. The quantitative estimate of drug-likeness (QED) is 0.794. The van der Waals surface area contributed by atoms with Gasteiger partial charge in [-0.2, -0.15) is 0 Å². The minimum absolute atomic E-state index is 0.316. The van der Waals surface area contributed by atoms with E-state index in [1.165, 1.54) is 7.11 Å². The van der Waals surface area contributed by atoms with E-state index in [1.807, 2.05) is 13.0 Å². The van der Waals surface area contributed by atoms with Crippen LogP contribution in [-0.4, -0.2) is 54.5 Å². The number of hydrogen-bond acceptors (Lipinski definition) is 5. The molecule has 0 N–H and O–H groups in total. The van der Waals surface area contributed by atoms with Gasteiger partial charge in [-0.3, -0.25) is 4.79 Å². The number of likely N-dealkylation sites (tertiary alicyclic amines) is 1. The predicted octanol–water partition coefficient (Wildman–Crippen LogP) is 2.16. The topological polar surface area (TPSA) is 62.7 Å². The molecule has 0 aromatic carbocycles. The molecule has 3 heterocycles. The number of carbonyl (C=O) groups excluding carboxylic acids is 2. The number of rotatable bonds is 3. The Bertz CT molecular complexity index is 624. The summed E-state index contributed by atoms with van der Waals surface area (Å²) in [5, 5.41) is 0. The van der Waals surface area contributed by atoms with Crippen LogP contribution in [0.3, 0.4) is 0 Å². The molecule has 2 fully saturated rings. The van der Waals surface area contributed by atoms with Crippen LogP contribution in [0.15, 0.2) is 12.1 Å². The lowest BCUT2D eigenvalue weighted by Gasteiger charge is -2.40. The number of ether oxygens (including phenoxy) is 1. The summed E-state index contributed by atoms with van der Waals surface area (Å²) in [5.74, 6) is 0.855. The van der Waals surface area contributed by atoms with Crippen molar-refractivity contribution in [2.75, 3.05) is 31.6 Å². The molecule has 2 aliphatic heterocycles. The summed E-state index contributed by atoms with van der Waals surface area (Å²) in [5.41, 5.74) is 1.20. The molecule has 0 atom stereocenters. The van der Waals surface area contributed by atoms with Crippen molar-refractivity contribution in [3.63, 3.8) is 0 Å². The summed E-state index contributed by atoms with van der Waals surface area (Å²) in [7, 11) is 1.38. The summed E-state index contributed by atoms with van der Waals surface area (Å²) in [6.07, 6.45) is 4.82. The first-order valence-corrected chi connectivity index (χ1v) is 8.70. The highest BCUT2D eigenvalue weighted by atomic mass is 16.5. The van der Waals surface area contributed by atoms with Gasteiger partial charge in [0.05, 0.1) is 18.4 Å². The first-order chi connectivity index (χ1) is 11.6. The van der Waals surface area contributed by atoms with E-state index in [4.69, 9.17) is 4.74 Å². The van der Waals surface area contributed by atoms with Gasteiger partial charge in [-0.25, -0.2) is 9.78 Å². The second-order valence-electron chi connectivity index (χ2n) is 6.56. The molecular formula is C18H25N3O3. The van der Waals surface area contributed by atoms with E-state index in [0.717, 1.165) is 51.1 Å². The van der Waals surface area contributed by atoms with Gasteiger partial charge in [0, 0.05) is 32.1 Å². The lowest BCUT2D eigenvalue weighted by molar-refractivity contribution is -0.136. The maximum atomic E-state index is 12.1. The highest BCUT2D eigenvalue weighted by Crippen LogP contribution is 2.25. The van der Waals surface area contributed by atoms with Crippen LogP contribution in [0.2, 0.25) is 0 Å². The molecule has 0 spiro atoms. The Kier molecular flexibility index (Phi) is 5.02. The van der Waals surface area contributed by atoms with Gasteiger partial charge >= 0.3 is 5.97 Å². The maximum absolute atomic E-state index is 12.1. The number of carbonyl (C=O) groups is 2. The molecule has 0 radical (unpaired) electrons. The lowest BCUT2D eigenvalue weighted by Crippen LogP contribution is -2.49. The molecule has 130 valence electrons. The van der Waals surface area contributed by atoms with Crippen LogP contribution < -0.4 is 4.90 Å². The van der Waals surface area contributed by atoms with Crippen LogP contribution in [0.25, 0.3) is 0 Å². The van der Waals surface area contributed by atoms with Crippen molar-refractivity contribution in [3.8, 4) is 0 Å². The number of anilines is 1. The van der Waals surface area contributed by atoms with Crippen molar-refractivity contribution >= 4 is 17.7 Å². The average molecular weight is 331 g/mol. The smallest absolute Gasteiger partial charge is 0.339 e. The molecule has 0 unspecified atom stereocenters. The second-order valence-corrected chi connectivity index (χ2v) is 6.56. The third-order valence-corrected chi connectivity index (χ3v) is 5.07. The van der Waals surface area contributed by atoms with Gasteiger partial charge < -0.3 is 14.5 Å². The molecule has 2 saturated heterocycles. The summed E-state index contributed by atoms with van der Waals surface area (Å²) in [4.78, 5) is 32.6. The third kappa shape index (κ3) is 3.37.